The van der Waals surface area contributed by atoms with Gasteiger partial charge in [-0.15, -0.1) is 0 Å². The van der Waals surface area contributed by atoms with Crippen LogP contribution in [0.15, 0.2) is 24.3 Å². The van der Waals surface area contributed by atoms with Gasteiger partial charge in [-0.05, 0) is 12.1 Å². The third-order valence-corrected chi connectivity index (χ3v) is 1.47. The largest absolute Gasteiger partial charge is 0.477 e. The van der Waals surface area contributed by atoms with E-state index in [0.29, 0.717) is 11.3 Å². The van der Waals surface area contributed by atoms with E-state index in [0.717, 1.165) is 0 Å². The number of rotatable bonds is 3. The Morgan fingerprint density at radius 1 is 1.50 bits per heavy atom. The first kappa shape index (κ1) is 8.87. The third kappa shape index (κ3) is 1.89. The van der Waals surface area contributed by atoms with Crippen molar-refractivity contribution < 1.29 is 9.53 Å². The summed E-state index contributed by atoms with van der Waals surface area (Å²) >= 11 is 5.34. The van der Waals surface area contributed by atoms with Crippen LogP contribution in [0, 0.1) is 0 Å². The number of carbonyl (C=O) groups is 1. The molecule has 12 heavy (non-hydrogen) atoms. The molecular weight excluding hydrogens is 178 g/mol. The third-order valence-electron chi connectivity index (χ3n) is 1.36. The second kappa shape index (κ2) is 3.97. The van der Waals surface area contributed by atoms with Gasteiger partial charge in [-0.3, -0.25) is 4.79 Å². The minimum absolute atomic E-state index is 0.00426. The number of carbonyl (C=O) groups excluding carboxylic acids is 1. The molecule has 0 bridgehead atoms. The van der Waals surface area contributed by atoms with Gasteiger partial charge in [-0.2, -0.15) is 0 Å². The first-order chi connectivity index (χ1) is 5.75. The standard InChI is InChI=1S/C8H8ClNO2/c9-5-12-7-4-2-1-3-6(7)8(10)11/h1-4H,5H2,(H2,10,11). The van der Waals surface area contributed by atoms with Gasteiger partial charge in [0.15, 0.2) is 6.07 Å². The van der Waals surface area contributed by atoms with E-state index in [4.69, 9.17) is 22.1 Å². The van der Waals surface area contributed by atoms with Crippen LogP contribution < -0.4 is 10.5 Å². The fourth-order valence-electron chi connectivity index (χ4n) is 0.855. The average molecular weight is 186 g/mol. The van der Waals surface area contributed by atoms with E-state index in [-0.39, 0.29) is 6.07 Å². The number of nitrogens with two attached hydrogens (primary N) is 1. The molecule has 2 N–H and O–H groups in total. The molecule has 64 valence electrons. The van der Waals surface area contributed by atoms with Crippen LogP contribution in [-0.4, -0.2) is 12.0 Å². The molecule has 4 heteroatoms. The van der Waals surface area contributed by atoms with Gasteiger partial charge in [0.1, 0.15) is 5.75 Å². The molecule has 1 rings (SSSR count). The van der Waals surface area contributed by atoms with E-state index in [1.54, 1.807) is 24.3 Å². The van der Waals surface area contributed by atoms with E-state index in [1.807, 2.05) is 0 Å². The predicted octanol–water partition coefficient (Wildman–Crippen LogP) is 1.36. The minimum Gasteiger partial charge on any atom is -0.477 e. The van der Waals surface area contributed by atoms with Crippen LogP contribution in [0.4, 0.5) is 0 Å². The number of alkyl halides is 1. The Bertz CT molecular complexity index is 288. The van der Waals surface area contributed by atoms with E-state index < -0.39 is 5.91 Å². The number of benzene rings is 1. The van der Waals surface area contributed by atoms with Gasteiger partial charge in [0, 0.05) is 0 Å². The normalized spacial score (nSPS) is 9.42. The highest BCUT2D eigenvalue weighted by Crippen LogP contribution is 2.16. The van der Waals surface area contributed by atoms with E-state index in [1.165, 1.54) is 0 Å². The number of primary amides is 1. The molecule has 0 spiro atoms. The Kier molecular flexibility index (Phi) is 2.94. The summed E-state index contributed by atoms with van der Waals surface area (Å²) in [6, 6.07) is 6.69. The van der Waals surface area contributed by atoms with Crippen molar-refractivity contribution in [3.8, 4) is 5.75 Å². The summed E-state index contributed by atoms with van der Waals surface area (Å²) in [7, 11) is 0. The Labute approximate surface area is 75.1 Å². The maximum atomic E-state index is 10.8. The SMILES string of the molecule is NC(=O)c1ccccc1OCCl. The Morgan fingerprint density at radius 2 is 2.17 bits per heavy atom. The molecule has 3 nitrogen and oxygen atoms in total. The monoisotopic (exact) mass is 185 g/mol. The molecule has 0 heterocycles. The summed E-state index contributed by atoms with van der Waals surface area (Å²) in [4.78, 5) is 10.8. The van der Waals surface area contributed by atoms with Crippen molar-refractivity contribution in [2.45, 2.75) is 0 Å². The molecule has 0 fully saturated rings. The van der Waals surface area contributed by atoms with Crippen LogP contribution >= 0.6 is 11.6 Å². The summed E-state index contributed by atoms with van der Waals surface area (Å²) in [6.07, 6.45) is 0. The summed E-state index contributed by atoms with van der Waals surface area (Å²) in [5.41, 5.74) is 5.43. The first-order valence-corrected chi connectivity index (χ1v) is 3.86. The lowest BCUT2D eigenvalue weighted by atomic mass is 10.2. The zero-order valence-electron chi connectivity index (χ0n) is 6.29. The van der Waals surface area contributed by atoms with Crippen LogP contribution in [0.3, 0.4) is 0 Å². The molecule has 1 aromatic rings. The van der Waals surface area contributed by atoms with Crippen LogP contribution in [0.1, 0.15) is 10.4 Å². The van der Waals surface area contributed by atoms with Crippen LogP contribution in [-0.2, 0) is 0 Å². The zero-order chi connectivity index (χ0) is 8.97. The van der Waals surface area contributed by atoms with Crippen LogP contribution in [0.5, 0.6) is 5.75 Å². The van der Waals surface area contributed by atoms with Gasteiger partial charge < -0.3 is 10.5 Å². The maximum Gasteiger partial charge on any atom is 0.252 e. The number of ether oxygens (including phenoxy) is 1. The molecule has 0 aromatic heterocycles. The topological polar surface area (TPSA) is 52.3 Å². The first-order valence-electron chi connectivity index (χ1n) is 3.33. The van der Waals surface area contributed by atoms with Gasteiger partial charge in [0.05, 0.1) is 5.56 Å². The Hall–Kier alpha value is -1.22. The number of hydrogen-bond acceptors (Lipinski definition) is 2. The molecular formula is C8H8ClNO2. The smallest absolute Gasteiger partial charge is 0.252 e. The molecule has 0 unspecified atom stereocenters. The fourth-order valence-corrected chi connectivity index (χ4v) is 0.972. The molecule has 0 aliphatic rings. The van der Waals surface area contributed by atoms with Gasteiger partial charge in [-0.1, -0.05) is 23.7 Å². The summed E-state index contributed by atoms with van der Waals surface area (Å²) in [5, 5.41) is 0. The number of para-hydroxylation sites is 1. The van der Waals surface area contributed by atoms with Crippen LogP contribution in [0.25, 0.3) is 0 Å². The summed E-state index contributed by atoms with van der Waals surface area (Å²) in [5.74, 6) is -0.101. The summed E-state index contributed by atoms with van der Waals surface area (Å²) in [6.45, 7) is 0. The number of amides is 1. The van der Waals surface area contributed by atoms with Crippen molar-refractivity contribution in [3.05, 3.63) is 29.8 Å². The second-order valence-corrected chi connectivity index (χ2v) is 2.33. The van der Waals surface area contributed by atoms with E-state index >= 15 is 0 Å². The highest BCUT2D eigenvalue weighted by molar-refractivity contribution is 6.17. The fraction of sp³-hybridized carbons (Fsp3) is 0.125. The molecule has 0 atom stereocenters. The highest BCUT2D eigenvalue weighted by Gasteiger charge is 2.06. The Morgan fingerprint density at radius 3 is 2.75 bits per heavy atom. The Balaban J connectivity index is 3.00. The van der Waals surface area contributed by atoms with Crippen LogP contribution in [0.2, 0.25) is 0 Å². The lowest BCUT2D eigenvalue weighted by Gasteiger charge is -2.04. The van der Waals surface area contributed by atoms with Crippen molar-refractivity contribution in [1.82, 2.24) is 0 Å². The van der Waals surface area contributed by atoms with Gasteiger partial charge in [-0.25, -0.2) is 0 Å². The molecule has 1 aromatic carbocycles. The number of halogens is 1. The average Bonchev–Trinajstić information content (AvgIpc) is 2.05. The molecule has 0 aliphatic carbocycles. The van der Waals surface area contributed by atoms with Gasteiger partial charge >= 0.3 is 0 Å². The molecule has 0 aliphatic heterocycles. The van der Waals surface area contributed by atoms with Crippen molar-refractivity contribution >= 4 is 17.5 Å². The van der Waals surface area contributed by atoms with Gasteiger partial charge in [0.2, 0.25) is 0 Å². The van der Waals surface area contributed by atoms with Crippen molar-refractivity contribution in [1.29, 1.82) is 0 Å². The summed E-state index contributed by atoms with van der Waals surface area (Å²) < 4.78 is 4.96. The molecule has 1 amide bonds. The number of hydrogen-bond donors (Lipinski definition) is 1. The lowest BCUT2D eigenvalue weighted by Crippen LogP contribution is -2.12. The quantitative estimate of drug-likeness (QED) is 0.723. The maximum absolute atomic E-state index is 10.8. The van der Waals surface area contributed by atoms with E-state index in [2.05, 4.69) is 0 Å². The minimum atomic E-state index is -0.518. The van der Waals surface area contributed by atoms with E-state index in [9.17, 15) is 4.79 Å². The second-order valence-electron chi connectivity index (χ2n) is 2.11. The lowest BCUT2D eigenvalue weighted by molar-refractivity contribution is 0.0997. The van der Waals surface area contributed by atoms with Gasteiger partial charge in [0.25, 0.3) is 5.91 Å². The highest BCUT2D eigenvalue weighted by atomic mass is 35.5. The van der Waals surface area contributed by atoms with Crippen molar-refractivity contribution in [2.24, 2.45) is 5.73 Å². The molecule has 0 radical (unpaired) electrons. The molecule has 0 saturated heterocycles. The predicted molar refractivity (Wildman–Crippen MR) is 46.3 cm³/mol. The molecule has 0 saturated carbocycles. The zero-order valence-corrected chi connectivity index (χ0v) is 7.04. The van der Waals surface area contributed by atoms with Crippen molar-refractivity contribution in [3.63, 3.8) is 0 Å². The van der Waals surface area contributed by atoms with Crippen molar-refractivity contribution in [2.75, 3.05) is 6.07 Å².